The van der Waals surface area contributed by atoms with Gasteiger partial charge in [-0.05, 0) is 31.5 Å². The van der Waals surface area contributed by atoms with Crippen LogP contribution in [0.15, 0.2) is 18.2 Å². The summed E-state index contributed by atoms with van der Waals surface area (Å²) >= 11 is 0. The topological polar surface area (TPSA) is 35.2 Å². The van der Waals surface area contributed by atoms with Gasteiger partial charge in [0.05, 0.1) is 17.8 Å². The fourth-order valence-electron chi connectivity index (χ4n) is 1.64. The molecule has 0 aromatic heterocycles. The van der Waals surface area contributed by atoms with E-state index in [1.54, 1.807) is 13.8 Å². The third-order valence-corrected chi connectivity index (χ3v) is 2.32. The number of nitrogens with two attached hydrogens (primary N) is 1. The van der Waals surface area contributed by atoms with E-state index >= 15 is 0 Å². The lowest BCUT2D eigenvalue weighted by Crippen LogP contribution is -2.23. The molecule has 0 amide bonds. The van der Waals surface area contributed by atoms with Gasteiger partial charge in [0.15, 0.2) is 0 Å². The number of benzene rings is 1. The molecule has 0 saturated heterocycles. The zero-order valence-corrected chi connectivity index (χ0v) is 10.1. The fraction of sp³-hybridized carbons (Fsp3) is 0.500. The Kier molecular flexibility index (Phi) is 4.70. The molecule has 0 saturated carbocycles. The van der Waals surface area contributed by atoms with Gasteiger partial charge in [0.1, 0.15) is 5.82 Å². The first-order valence-corrected chi connectivity index (χ1v) is 5.48. The van der Waals surface area contributed by atoms with Crippen molar-refractivity contribution in [1.82, 2.24) is 0 Å². The Morgan fingerprint density at radius 3 is 2.33 bits per heavy atom. The summed E-state index contributed by atoms with van der Waals surface area (Å²) in [4.78, 5) is 0. The molecule has 18 heavy (non-hydrogen) atoms. The van der Waals surface area contributed by atoms with Crippen molar-refractivity contribution < 1.29 is 22.3 Å². The normalized spacial score (nSPS) is 14.0. The quantitative estimate of drug-likeness (QED) is 0.848. The average Bonchev–Trinajstić information content (AvgIpc) is 2.24. The van der Waals surface area contributed by atoms with Gasteiger partial charge in [-0.2, -0.15) is 13.2 Å². The molecule has 0 aliphatic heterocycles. The number of hydrogen-bond donors (Lipinski definition) is 1. The second kappa shape index (κ2) is 5.67. The Morgan fingerprint density at radius 1 is 1.28 bits per heavy atom. The first-order valence-electron chi connectivity index (χ1n) is 5.48. The molecule has 1 rings (SSSR count). The van der Waals surface area contributed by atoms with Gasteiger partial charge in [0.25, 0.3) is 0 Å². The molecule has 0 spiro atoms. The van der Waals surface area contributed by atoms with Crippen molar-refractivity contribution in [3.8, 4) is 0 Å². The number of ether oxygens (including phenoxy) is 1. The van der Waals surface area contributed by atoms with Gasteiger partial charge in [-0.15, -0.1) is 0 Å². The predicted molar refractivity (Wildman–Crippen MR) is 59.4 cm³/mol. The lowest BCUT2D eigenvalue weighted by Gasteiger charge is -2.22. The molecule has 2 nitrogen and oxygen atoms in total. The second-order valence-corrected chi connectivity index (χ2v) is 4.14. The van der Waals surface area contributed by atoms with E-state index in [-0.39, 0.29) is 18.2 Å². The molecule has 0 bridgehead atoms. The number of alkyl halides is 3. The zero-order valence-electron chi connectivity index (χ0n) is 10.1. The van der Waals surface area contributed by atoms with Crippen LogP contribution in [0, 0.1) is 5.82 Å². The second-order valence-electron chi connectivity index (χ2n) is 4.14. The third-order valence-electron chi connectivity index (χ3n) is 2.32. The molecule has 6 heteroatoms. The number of rotatable bonds is 4. The molecule has 0 fully saturated rings. The van der Waals surface area contributed by atoms with E-state index in [1.807, 2.05) is 0 Å². The Labute approximate surface area is 103 Å². The Bertz CT molecular complexity index is 404. The molecule has 1 atom stereocenters. The van der Waals surface area contributed by atoms with E-state index in [9.17, 15) is 17.6 Å². The fourth-order valence-corrected chi connectivity index (χ4v) is 1.64. The van der Waals surface area contributed by atoms with Gasteiger partial charge in [-0.3, -0.25) is 0 Å². The monoisotopic (exact) mass is 265 g/mol. The first-order chi connectivity index (χ1) is 8.25. The first kappa shape index (κ1) is 14.9. The van der Waals surface area contributed by atoms with Crippen LogP contribution in [0.5, 0.6) is 0 Å². The van der Waals surface area contributed by atoms with Crippen LogP contribution < -0.4 is 5.73 Å². The van der Waals surface area contributed by atoms with E-state index in [2.05, 4.69) is 0 Å². The lowest BCUT2D eigenvalue weighted by atomic mass is 10.0. The highest BCUT2D eigenvalue weighted by molar-refractivity contribution is 5.32. The van der Waals surface area contributed by atoms with Gasteiger partial charge in [0, 0.05) is 6.54 Å². The van der Waals surface area contributed by atoms with Crippen LogP contribution in [0.3, 0.4) is 0 Å². The number of hydrogen-bond acceptors (Lipinski definition) is 2. The lowest BCUT2D eigenvalue weighted by molar-refractivity contribution is -0.140. The van der Waals surface area contributed by atoms with Gasteiger partial charge >= 0.3 is 6.18 Å². The van der Waals surface area contributed by atoms with E-state index in [4.69, 9.17) is 10.5 Å². The largest absolute Gasteiger partial charge is 0.416 e. The molecule has 1 aromatic carbocycles. The highest BCUT2D eigenvalue weighted by Gasteiger charge is 2.35. The maximum atomic E-state index is 12.9. The highest BCUT2D eigenvalue weighted by atomic mass is 19.4. The van der Waals surface area contributed by atoms with Crippen LogP contribution in [0.25, 0.3) is 0 Å². The molecule has 102 valence electrons. The summed E-state index contributed by atoms with van der Waals surface area (Å²) in [5, 5.41) is 0. The Morgan fingerprint density at radius 2 is 1.89 bits per heavy atom. The van der Waals surface area contributed by atoms with Gasteiger partial charge in [-0.1, -0.05) is 6.07 Å². The summed E-state index contributed by atoms with van der Waals surface area (Å²) in [5.74, 6) is -0.939. The molecule has 0 aliphatic rings. The zero-order chi connectivity index (χ0) is 13.9. The minimum atomic E-state index is -4.63. The summed E-state index contributed by atoms with van der Waals surface area (Å²) in [7, 11) is 0. The molecule has 1 unspecified atom stereocenters. The van der Waals surface area contributed by atoms with E-state index in [0.717, 1.165) is 12.1 Å². The summed E-state index contributed by atoms with van der Waals surface area (Å²) < 4.78 is 56.6. The molecule has 2 N–H and O–H groups in total. The maximum absolute atomic E-state index is 12.9. The van der Waals surface area contributed by atoms with E-state index < -0.39 is 23.7 Å². The van der Waals surface area contributed by atoms with Crippen LogP contribution in [0.2, 0.25) is 0 Å². The van der Waals surface area contributed by atoms with Crippen molar-refractivity contribution in [3.05, 3.63) is 35.1 Å². The van der Waals surface area contributed by atoms with Crippen molar-refractivity contribution in [1.29, 1.82) is 0 Å². The highest BCUT2D eigenvalue weighted by Crippen LogP contribution is 2.36. The summed E-state index contributed by atoms with van der Waals surface area (Å²) in [5.41, 5.74) is 4.24. The van der Waals surface area contributed by atoms with Crippen LogP contribution in [0.1, 0.15) is 31.1 Å². The summed E-state index contributed by atoms with van der Waals surface area (Å²) in [6.45, 7) is 3.28. The minimum Gasteiger partial charge on any atom is -0.370 e. The van der Waals surface area contributed by atoms with Gasteiger partial charge < -0.3 is 10.5 Å². The Balaban J connectivity index is 3.21. The van der Waals surface area contributed by atoms with E-state index in [0.29, 0.717) is 6.07 Å². The minimum absolute atomic E-state index is 0.104. The molecular weight excluding hydrogens is 250 g/mol. The molecule has 0 heterocycles. The molecule has 0 aliphatic carbocycles. The standard InChI is InChI=1S/C12H15F4NO/c1-7(2)18-11(6-17)9-4-3-8(13)5-10(9)12(14,15)16/h3-5,7,11H,6,17H2,1-2H3. The van der Waals surface area contributed by atoms with Crippen molar-refractivity contribution in [2.45, 2.75) is 32.2 Å². The van der Waals surface area contributed by atoms with Crippen molar-refractivity contribution in [3.63, 3.8) is 0 Å². The third kappa shape index (κ3) is 3.68. The van der Waals surface area contributed by atoms with Crippen LogP contribution >= 0.6 is 0 Å². The van der Waals surface area contributed by atoms with Crippen LogP contribution in [0.4, 0.5) is 17.6 Å². The van der Waals surface area contributed by atoms with Crippen molar-refractivity contribution in [2.24, 2.45) is 5.73 Å². The molecular formula is C12H15F4NO. The Hall–Kier alpha value is -1.14. The van der Waals surface area contributed by atoms with Gasteiger partial charge in [0.2, 0.25) is 0 Å². The van der Waals surface area contributed by atoms with Crippen molar-refractivity contribution >= 4 is 0 Å². The summed E-state index contributed by atoms with van der Waals surface area (Å²) in [6, 6.07) is 2.50. The summed E-state index contributed by atoms with van der Waals surface area (Å²) in [6.07, 6.45) is -5.81. The average molecular weight is 265 g/mol. The smallest absolute Gasteiger partial charge is 0.370 e. The maximum Gasteiger partial charge on any atom is 0.416 e. The SMILES string of the molecule is CC(C)OC(CN)c1ccc(F)cc1C(F)(F)F. The predicted octanol–water partition coefficient (Wildman–Crippen LogP) is 3.27. The van der Waals surface area contributed by atoms with Crippen LogP contribution in [-0.4, -0.2) is 12.6 Å². The number of halogens is 4. The van der Waals surface area contributed by atoms with Crippen LogP contribution in [-0.2, 0) is 10.9 Å². The molecule has 1 aromatic rings. The van der Waals surface area contributed by atoms with Gasteiger partial charge in [-0.25, -0.2) is 4.39 Å². The van der Waals surface area contributed by atoms with Crippen molar-refractivity contribution in [2.75, 3.05) is 6.54 Å². The molecule has 0 radical (unpaired) electrons. The van der Waals surface area contributed by atoms with E-state index in [1.165, 1.54) is 0 Å².